The number of para-hydroxylation sites is 1. The van der Waals surface area contributed by atoms with Crippen molar-refractivity contribution in [2.75, 3.05) is 26.7 Å². The predicted octanol–water partition coefficient (Wildman–Crippen LogP) is 1.90. The molecule has 0 N–H and O–H groups in total. The van der Waals surface area contributed by atoms with Crippen LogP contribution in [0.3, 0.4) is 0 Å². The van der Waals surface area contributed by atoms with Crippen LogP contribution in [0.2, 0.25) is 0 Å². The van der Waals surface area contributed by atoms with E-state index in [1.807, 2.05) is 13.8 Å². The summed E-state index contributed by atoms with van der Waals surface area (Å²) < 4.78 is 10.6. The number of amides is 2. The molecule has 0 saturated heterocycles. The molecule has 1 aromatic carbocycles. The number of carbonyl (C=O) groups excluding carboxylic acids is 2. The van der Waals surface area contributed by atoms with Gasteiger partial charge in [-0.2, -0.15) is 4.98 Å². The van der Waals surface area contributed by atoms with E-state index in [1.54, 1.807) is 43.1 Å². The fourth-order valence-electron chi connectivity index (χ4n) is 2.47. The summed E-state index contributed by atoms with van der Waals surface area (Å²) in [6, 6.07) is 6.88. The Morgan fingerprint density at radius 2 is 1.88 bits per heavy atom. The van der Waals surface area contributed by atoms with Crippen molar-refractivity contribution in [3.8, 4) is 5.75 Å². The van der Waals surface area contributed by atoms with Gasteiger partial charge in [0, 0.05) is 27.1 Å². The molecule has 140 valence electrons. The fourth-order valence-corrected chi connectivity index (χ4v) is 2.47. The summed E-state index contributed by atoms with van der Waals surface area (Å²) in [6.45, 7) is 6.83. The highest BCUT2D eigenvalue weighted by Gasteiger charge is 2.20. The van der Waals surface area contributed by atoms with E-state index >= 15 is 0 Å². The minimum Gasteiger partial charge on any atom is -0.485 e. The van der Waals surface area contributed by atoms with Crippen LogP contribution in [0, 0.1) is 6.92 Å². The standard InChI is InChI=1S/C18H24N4O4/c1-5-22(6-2)17(23)11-21(4)18(24)14-9-7-8-10-15(14)25-12-16-19-13(3)26-20-16/h7-10H,5-6,11-12H2,1-4H3. The molecule has 0 aliphatic rings. The lowest BCUT2D eigenvalue weighted by Crippen LogP contribution is -2.41. The Balaban J connectivity index is 2.07. The van der Waals surface area contributed by atoms with Gasteiger partial charge in [-0.15, -0.1) is 0 Å². The molecule has 0 aliphatic carbocycles. The van der Waals surface area contributed by atoms with Crippen LogP contribution in [-0.4, -0.2) is 58.4 Å². The third kappa shape index (κ3) is 4.81. The summed E-state index contributed by atoms with van der Waals surface area (Å²) in [6.07, 6.45) is 0. The van der Waals surface area contributed by atoms with E-state index in [2.05, 4.69) is 10.1 Å². The highest BCUT2D eigenvalue weighted by Crippen LogP contribution is 2.20. The molecule has 1 aromatic heterocycles. The van der Waals surface area contributed by atoms with Crippen LogP contribution in [-0.2, 0) is 11.4 Å². The monoisotopic (exact) mass is 360 g/mol. The van der Waals surface area contributed by atoms with Gasteiger partial charge < -0.3 is 19.1 Å². The van der Waals surface area contributed by atoms with Gasteiger partial charge in [-0.05, 0) is 26.0 Å². The summed E-state index contributed by atoms with van der Waals surface area (Å²) in [7, 11) is 1.60. The van der Waals surface area contributed by atoms with Crippen molar-refractivity contribution in [3.63, 3.8) is 0 Å². The Labute approximate surface area is 152 Å². The van der Waals surface area contributed by atoms with Gasteiger partial charge in [0.2, 0.25) is 17.6 Å². The Morgan fingerprint density at radius 3 is 2.50 bits per heavy atom. The van der Waals surface area contributed by atoms with E-state index in [4.69, 9.17) is 9.26 Å². The van der Waals surface area contributed by atoms with E-state index in [-0.39, 0.29) is 25.0 Å². The normalized spacial score (nSPS) is 10.5. The zero-order chi connectivity index (χ0) is 19.1. The molecule has 0 radical (unpaired) electrons. The zero-order valence-electron chi connectivity index (χ0n) is 15.6. The summed E-state index contributed by atoms with van der Waals surface area (Å²) in [4.78, 5) is 32.1. The number of hydrogen-bond acceptors (Lipinski definition) is 6. The molecule has 2 rings (SSSR count). The lowest BCUT2D eigenvalue weighted by molar-refractivity contribution is -0.131. The molecular formula is C18H24N4O4. The first-order valence-corrected chi connectivity index (χ1v) is 8.50. The van der Waals surface area contributed by atoms with Gasteiger partial charge in [0.15, 0.2) is 6.61 Å². The largest absolute Gasteiger partial charge is 0.485 e. The summed E-state index contributed by atoms with van der Waals surface area (Å²) >= 11 is 0. The van der Waals surface area contributed by atoms with E-state index in [1.165, 1.54) is 4.90 Å². The van der Waals surface area contributed by atoms with Crippen molar-refractivity contribution in [2.45, 2.75) is 27.4 Å². The number of aryl methyl sites for hydroxylation is 1. The number of benzene rings is 1. The van der Waals surface area contributed by atoms with Crippen LogP contribution in [0.25, 0.3) is 0 Å². The zero-order valence-corrected chi connectivity index (χ0v) is 15.6. The maximum absolute atomic E-state index is 12.7. The average molecular weight is 360 g/mol. The van der Waals surface area contributed by atoms with Crippen LogP contribution in [0.5, 0.6) is 5.75 Å². The summed E-state index contributed by atoms with van der Waals surface area (Å²) in [5.41, 5.74) is 0.377. The van der Waals surface area contributed by atoms with E-state index in [0.717, 1.165) is 0 Å². The highest BCUT2D eigenvalue weighted by molar-refractivity contribution is 5.98. The lowest BCUT2D eigenvalue weighted by atomic mass is 10.1. The maximum atomic E-state index is 12.7. The second-order valence-electron chi connectivity index (χ2n) is 5.74. The van der Waals surface area contributed by atoms with Crippen molar-refractivity contribution in [1.82, 2.24) is 19.9 Å². The molecule has 0 aliphatic heterocycles. The first-order chi connectivity index (χ1) is 12.5. The molecule has 2 aromatic rings. The molecule has 2 amide bonds. The number of hydrogen-bond donors (Lipinski definition) is 0. The molecule has 0 fully saturated rings. The molecule has 8 nitrogen and oxygen atoms in total. The second kappa shape index (κ2) is 8.98. The molecule has 0 saturated carbocycles. The van der Waals surface area contributed by atoms with Gasteiger partial charge >= 0.3 is 0 Å². The number of rotatable bonds is 8. The summed E-state index contributed by atoms with van der Waals surface area (Å²) in [5, 5.41) is 3.76. The first kappa shape index (κ1) is 19.4. The van der Waals surface area contributed by atoms with E-state index in [9.17, 15) is 9.59 Å². The number of aromatic nitrogens is 2. The van der Waals surface area contributed by atoms with Gasteiger partial charge in [0.25, 0.3) is 5.91 Å². The van der Waals surface area contributed by atoms with Gasteiger partial charge in [0.05, 0.1) is 12.1 Å². The van der Waals surface area contributed by atoms with E-state index < -0.39 is 0 Å². The average Bonchev–Trinajstić information content (AvgIpc) is 3.06. The molecule has 0 bridgehead atoms. The van der Waals surface area contributed by atoms with Crippen molar-refractivity contribution in [1.29, 1.82) is 0 Å². The lowest BCUT2D eigenvalue weighted by Gasteiger charge is -2.23. The molecule has 26 heavy (non-hydrogen) atoms. The number of nitrogens with zero attached hydrogens (tertiary/aromatic N) is 4. The van der Waals surface area contributed by atoms with Crippen molar-refractivity contribution >= 4 is 11.8 Å². The quantitative estimate of drug-likeness (QED) is 0.714. The number of ether oxygens (including phenoxy) is 1. The van der Waals surface area contributed by atoms with Crippen LogP contribution >= 0.6 is 0 Å². The van der Waals surface area contributed by atoms with Crippen LogP contribution in [0.4, 0.5) is 0 Å². The van der Waals surface area contributed by atoms with Crippen molar-refractivity contribution in [3.05, 3.63) is 41.5 Å². The van der Waals surface area contributed by atoms with Crippen molar-refractivity contribution < 1.29 is 18.8 Å². The molecule has 0 spiro atoms. The highest BCUT2D eigenvalue weighted by atomic mass is 16.5. The Hall–Kier alpha value is -2.90. The SMILES string of the molecule is CCN(CC)C(=O)CN(C)C(=O)c1ccccc1OCc1noc(C)n1. The minimum atomic E-state index is -0.287. The van der Waals surface area contributed by atoms with Gasteiger partial charge in [-0.1, -0.05) is 17.3 Å². The molecule has 1 heterocycles. The van der Waals surface area contributed by atoms with Gasteiger partial charge in [-0.25, -0.2) is 0 Å². The Kier molecular flexibility index (Phi) is 6.71. The predicted molar refractivity (Wildman–Crippen MR) is 94.7 cm³/mol. The van der Waals surface area contributed by atoms with Crippen molar-refractivity contribution in [2.24, 2.45) is 0 Å². The summed E-state index contributed by atoms with van der Waals surface area (Å²) in [5.74, 6) is 0.872. The minimum absolute atomic E-state index is 0.0128. The Morgan fingerprint density at radius 1 is 1.19 bits per heavy atom. The maximum Gasteiger partial charge on any atom is 0.257 e. The topological polar surface area (TPSA) is 88.8 Å². The molecule has 0 unspecified atom stereocenters. The number of carbonyl (C=O) groups is 2. The third-order valence-electron chi connectivity index (χ3n) is 3.88. The third-order valence-corrected chi connectivity index (χ3v) is 3.88. The molecule has 8 heteroatoms. The number of likely N-dealkylation sites (N-methyl/N-ethyl adjacent to an activating group) is 2. The second-order valence-corrected chi connectivity index (χ2v) is 5.74. The van der Waals surface area contributed by atoms with Gasteiger partial charge in [0.1, 0.15) is 5.75 Å². The van der Waals surface area contributed by atoms with Crippen LogP contribution in [0.15, 0.2) is 28.8 Å². The first-order valence-electron chi connectivity index (χ1n) is 8.50. The smallest absolute Gasteiger partial charge is 0.257 e. The van der Waals surface area contributed by atoms with Crippen LogP contribution in [0.1, 0.15) is 35.9 Å². The Bertz CT molecular complexity index is 755. The van der Waals surface area contributed by atoms with Gasteiger partial charge in [-0.3, -0.25) is 9.59 Å². The van der Waals surface area contributed by atoms with Crippen LogP contribution < -0.4 is 4.74 Å². The van der Waals surface area contributed by atoms with E-state index in [0.29, 0.717) is 36.1 Å². The molecular weight excluding hydrogens is 336 g/mol. The fraction of sp³-hybridized carbons (Fsp3) is 0.444. The molecule has 0 atom stereocenters.